The first-order valence-corrected chi connectivity index (χ1v) is 9.15. The second kappa shape index (κ2) is 7.80. The SMILES string of the molecule is N#Cc1ccnnc1N1CCC(Oc2cccc3c2ccn3CC(F)F)CC1. The minimum atomic E-state index is -2.40. The summed E-state index contributed by atoms with van der Waals surface area (Å²) in [5, 5.41) is 18.1. The molecule has 0 bridgehead atoms. The fourth-order valence-corrected chi connectivity index (χ4v) is 3.62. The number of piperidine rings is 1. The molecule has 0 amide bonds. The van der Waals surface area contributed by atoms with Crippen molar-refractivity contribution < 1.29 is 13.5 Å². The highest BCUT2D eigenvalue weighted by Crippen LogP contribution is 2.30. The number of benzene rings is 1. The number of anilines is 1. The second-order valence-electron chi connectivity index (χ2n) is 6.73. The fourth-order valence-electron chi connectivity index (χ4n) is 3.62. The predicted octanol–water partition coefficient (Wildman–Crippen LogP) is 3.62. The highest BCUT2D eigenvalue weighted by molar-refractivity contribution is 5.86. The lowest BCUT2D eigenvalue weighted by Gasteiger charge is -2.33. The Bertz CT molecular complexity index is 1010. The van der Waals surface area contributed by atoms with Crippen LogP contribution in [0.1, 0.15) is 18.4 Å². The van der Waals surface area contributed by atoms with E-state index in [1.807, 2.05) is 29.2 Å². The van der Waals surface area contributed by atoms with E-state index < -0.39 is 6.43 Å². The Hall–Kier alpha value is -3.21. The second-order valence-corrected chi connectivity index (χ2v) is 6.73. The van der Waals surface area contributed by atoms with Crippen molar-refractivity contribution in [3.05, 3.63) is 48.3 Å². The lowest BCUT2D eigenvalue weighted by Crippen LogP contribution is -2.39. The van der Waals surface area contributed by atoms with Crippen LogP contribution < -0.4 is 9.64 Å². The zero-order valence-corrected chi connectivity index (χ0v) is 15.1. The van der Waals surface area contributed by atoms with Crippen molar-refractivity contribution in [2.45, 2.75) is 31.9 Å². The molecule has 0 saturated carbocycles. The summed E-state index contributed by atoms with van der Waals surface area (Å²) < 4.78 is 33.2. The monoisotopic (exact) mass is 383 g/mol. The Morgan fingerprint density at radius 2 is 2.04 bits per heavy atom. The highest BCUT2D eigenvalue weighted by Gasteiger charge is 2.24. The number of alkyl halides is 2. The molecule has 2 aromatic heterocycles. The lowest BCUT2D eigenvalue weighted by atomic mass is 10.1. The summed E-state index contributed by atoms with van der Waals surface area (Å²) in [5.74, 6) is 1.32. The van der Waals surface area contributed by atoms with Gasteiger partial charge in [0.1, 0.15) is 17.9 Å². The van der Waals surface area contributed by atoms with Gasteiger partial charge in [-0.25, -0.2) is 8.78 Å². The van der Waals surface area contributed by atoms with Gasteiger partial charge in [-0.2, -0.15) is 10.4 Å². The fraction of sp³-hybridized carbons (Fsp3) is 0.350. The van der Waals surface area contributed by atoms with Crippen molar-refractivity contribution in [1.82, 2.24) is 14.8 Å². The molecular weight excluding hydrogens is 364 g/mol. The Morgan fingerprint density at radius 1 is 1.21 bits per heavy atom. The lowest BCUT2D eigenvalue weighted by molar-refractivity contribution is 0.128. The molecule has 0 spiro atoms. The molecule has 144 valence electrons. The number of hydrogen-bond donors (Lipinski definition) is 0. The van der Waals surface area contributed by atoms with Crippen molar-refractivity contribution in [1.29, 1.82) is 5.26 Å². The van der Waals surface area contributed by atoms with Crippen molar-refractivity contribution in [2.24, 2.45) is 0 Å². The number of nitrogens with zero attached hydrogens (tertiary/aromatic N) is 5. The molecule has 3 aromatic rings. The summed E-state index contributed by atoms with van der Waals surface area (Å²) >= 11 is 0. The van der Waals surface area contributed by atoms with E-state index in [-0.39, 0.29) is 12.6 Å². The molecule has 1 fully saturated rings. The molecule has 3 heterocycles. The van der Waals surface area contributed by atoms with Crippen molar-refractivity contribution in [3.63, 3.8) is 0 Å². The van der Waals surface area contributed by atoms with Gasteiger partial charge < -0.3 is 14.2 Å². The number of fused-ring (bicyclic) bond motifs is 1. The Morgan fingerprint density at radius 3 is 2.79 bits per heavy atom. The van der Waals surface area contributed by atoms with Crippen molar-refractivity contribution in [3.8, 4) is 11.8 Å². The highest BCUT2D eigenvalue weighted by atomic mass is 19.3. The van der Waals surface area contributed by atoms with E-state index in [0.29, 0.717) is 30.2 Å². The number of halogens is 2. The first kappa shape index (κ1) is 18.2. The number of nitriles is 1. The van der Waals surface area contributed by atoms with Gasteiger partial charge in [0.25, 0.3) is 6.43 Å². The summed E-state index contributed by atoms with van der Waals surface area (Å²) in [6.07, 6.45) is 2.35. The molecule has 0 atom stereocenters. The molecule has 28 heavy (non-hydrogen) atoms. The van der Waals surface area contributed by atoms with Gasteiger partial charge in [-0.05, 0) is 24.3 Å². The zero-order chi connectivity index (χ0) is 19.5. The van der Waals surface area contributed by atoms with Crippen LogP contribution in [0.2, 0.25) is 0 Å². The molecule has 0 radical (unpaired) electrons. The maximum atomic E-state index is 12.7. The van der Waals surface area contributed by atoms with Gasteiger partial charge in [0.2, 0.25) is 0 Å². The van der Waals surface area contributed by atoms with Gasteiger partial charge in [0.15, 0.2) is 5.82 Å². The summed E-state index contributed by atoms with van der Waals surface area (Å²) in [6.45, 7) is 1.09. The van der Waals surface area contributed by atoms with Crippen LogP contribution in [0.3, 0.4) is 0 Å². The minimum Gasteiger partial charge on any atom is -0.490 e. The van der Waals surface area contributed by atoms with Crippen LogP contribution in [-0.4, -0.2) is 40.4 Å². The van der Waals surface area contributed by atoms with E-state index in [9.17, 15) is 14.0 Å². The zero-order valence-electron chi connectivity index (χ0n) is 15.1. The number of ether oxygens (including phenoxy) is 1. The van der Waals surface area contributed by atoms with Gasteiger partial charge in [-0.3, -0.25) is 0 Å². The average Bonchev–Trinajstić information content (AvgIpc) is 3.12. The number of aromatic nitrogens is 3. The average molecular weight is 383 g/mol. The molecule has 0 aliphatic carbocycles. The van der Waals surface area contributed by atoms with Crippen LogP contribution in [0, 0.1) is 11.3 Å². The van der Waals surface area contributed by atoms with Crippen LogP contribution in [0.4, 0.5) is 14.6 Å². The third-order valence-corrected chi connectivity index (χ3v) is 4.97. The molecular formula is C20H19F2N5O. The molecule has 8 heteroatoms. The maximum Gasteiger partial charge on any atom is 0.256 e. The van der Waals surface area contributed by atoms with E-state index in [4.69, 9.17) is 4.74 Å². The summed E-state index contributed by atoms with van der Waals surface area (Å²) in [6, 6.07) is 11.2. The minimum absolute atomic E-state index is 0.0162. The van der Waals surface area contributed by atoms with Crippen molar-refractivity contribution in [2.75, 3.05) is 18.0 Å². The molecule has 1 saturated heterocycles. The van der Waals surface area contributed by atoms with Crippen LogP contribution in [0.15, 0.2) is 42.7 Å². The summed E-state index contributed by atoms with van der Waals surface area (Å²) in [4.78, 5) is 2.05. The molecule has 0 N–H and O–H groups in total. The Labute approximate surface area is 161 Å². The quantitative estimate of drug-likeness (QED) is 0.673. The third-order valence-electron chi connectivity index (χ3n) is 4.97. The van der Waals surface area contributed by atoms with Gasteiger partial charge >= 0.3 is 0 Å². The van der Waals surface area contributed by atoms with E-state index in [0.717, 1.165) is 23.7 Å². The van der Waals surface area contributed by atoms with Crippen LogP contribution in [-0.2, 0) is 6.54 Å². The summed E-state index contributed by atoms with van der Waals surface area (Å²) in [7, 11) is 0. The molecule has 1 aliphatic rings. The van der Waals surface area contributed by atoms with E-state index in [2.05, 4.69) is 16.3 Å². The van der Waals surface area contributed by atoms with Crippen LogP contribution in [0.5, 0.6) is 5.75 Å². The molecule has 1 aliphatic heterocycles. The first-order chi connectivity index (χ1) is 13.7. The molecule has 4 rings (SSSR count). The standard InChI is InChI=1S/C20H19F2N5O/c21-19(22)13-27-11-7-16-17(27)2-1-3-18(16)28-15-5-9-26(10-6-15)20-14(12-23)4-8-24-25-20/h1-4,7-8,11,15,19H,5-6,9-10,13H2. The van der Waals surface area contributed by atoms with Gasteiger partial charge in [-0.1, -0.05) is 6.07 Å². The van der Waals surface area contributed by atoms with Gasteiger partial charge in [0.05, 0.1) is 23.8 Å². The maximum absolute atomic E-state index is 12.7. The van der Waals surface area contributed by atoms with Crippen LogP contribution >= 0.6 is 0 Å². The molecule has 1 aromatic carbocycles. The van der Waals surface area contributed by atoms with E-state index >= 15 is 0 Å². The third kappa shape index (κ3) is 3.60. The van der Waals surface area contributed by atoms with E-state index in [1.165, 1.54) is 6.20 Å². The van der Waals surface area contributed by atoms with Crippen molar-refractivity contribution >= 4 is 16.7 Å². The summed E-state index contributed by atoms with van der Waals surface area (Å²) in [5.41, 5.74) is 1.26. The predicted molar refractivity (Wildman–Crippen MR) is 101 cm³/mol. The number of hydrogen-bond acceptors (Lipinski definition) is 5. The largest absolute Gasteiger partial charge is 0.490 e. The molecule has 0 unspecified atom stereocenters. The van der Waals surface area contributed by atoms with Gasteiger partial charge in [-0.15, -0.1) is 5.10 Å². The number of rotatable bonds is 5. The van der Waals surface area contributed by atoms with E-state index in [1.54, 1.807) is 16.8 Å². The smallest absolute Gasteiger partial charge is 0.256 e. The van der Waals surface area contributed by atoms with Gasteiger partial charge in [0, 0.05) is 37.5 Å². The normalized spacial score (nSPS) is 15.1. The Balaban J connectivity index is 1.45. The topological polar surface area (TPSA) is 67.0 Å². The molecule has 6 nitrogen and oxygen atoms in total. The Kier molecular flexibility index (Phi) is 5.06. The first-order valence-electron chi connectivity index (χ1n) is 9.15. The van der Waals surface area contributed by atoms with Crippen LogP contribution in [0.25, 0.3) is 10.9 Å².